The normalized spacial score (nSPS) is 14.6. The van der Waals surface area contributed by atoms with E-state index in [0.717, 1.165) is 30.9 Å². The van der Waals surface area contributed by atoms with E-state index in [4.69, 9.17) is 5.73 Å². The van der Waals surface area contributed by atoms with Crippen molar-refractivity contribution < 1.29 is 4.39 Å². The van der Waals surface area contributed by atoms with Crippen molar-refractivity contribution >= 4 is 21.6 Å². The fourth-order valence-corrected chi connectivity index (χ4v) is 2.92. The lowest BCUT2D eigenvalue weighted by Gasteiger charge is -2.15. The lowest BCUT2D eigenvalue weighted by molar-refractivity contribution is 0.275. The first-order chi connectivity index (χ1) is 9.11. The molecule has 0 spiro atoms. The highest BCUT2D eigenvalue weighted by molar-refractivity contribution is 9.10. The first-order valence-electron chi connectivity index (χ1n) is 6.15. The molecular weight excluding hydrogens is 307 g/mol. The molecule has 0 amide bonds. The van der Waals surface area contributed by atoms with E-state index >= 15 is 0 Å². The molecule has 0 aromatic heterocycles. The average molecular weight is 321 g/mol. The predicted octanol–water partition coefficient (Wildman–Crippen LogP) is 3.69. The highest BCUT2D eigenvalue weighted by Gasteiger charge is 2.19. The Labute approximate surface area is 120 Å². The molecule has 3 rings (SSSR count). The van der Waals surface area contributed by atoms with Gasteiger partial charge in [0.15, 0.2) is 0 Å². The molecule has 2 aromatic carbocycles. The second-order valence-electron chi connectivity index (χ2n) is 4.92. The van der Waals surface area contributed by atoms with Crippen molar-refractivity contribution in [1.29, 1.82) is 0 Å². The van der Waals surface area contributed by atoms with Crippen LogP contribution in [0.1, 0.15) is 16.7 Å². The summed E-state index contributed by atoms with van der Waals surface area (Å²) in [5, 5.41) is 0. The molecule has 0 atom stereocenters. The van der Waals surface area contributed by atoms with Crippen molar-refractivity contribution in [2.24, 2.45) is 0 Å². The van der Waals surface area contributed by atoms with Crippen LogP contribution in [0.15, 0.2) is 40.9 Å². The van der Waals surface area contributed by atoms with Crippen LogP contribution in [0.4, 0.5) is 10.1 Å². The third-order valence-electron chi connectivity index (χ3n) is 3.41. The van der Waals surface area contributed by atoms with E-state index in [1.807, 2.05) is 24.3 Å². The number of benzene rings is 2. The molecule has 1 aliphatic rings. The molecule has 19 heavy (non-hydrogen) atoms. The van der Waals surface area contributed by atoms with Crippen LogP contribution in [0.5, 0.6) is 0 Å². The summed E-state index contributed by atoms with van der Waals surface area (Å²) in [4.78, 5) is 2.32. The SMILES string of the molecule is Nc1ccc2c(c1)CN(Cc1ccc(F)c(Br)c1)C2. The molecule has 0 saturated heterocycles. The topological polar surface area (TPSA) is 29.3 Å². The molecule has 0 unspecified atom stereocenters. The van der Waals surface area contributed by atoms with Crippen LogP contribution in [0.3, 0.4) is 0 Å². The van der Waals surface area contributed by atoms with Gasteiger partial charge in [0.25, 0.3) is 0 Å². The highest BCUT2D eigenvalue weighted by atomic mass is 79.9. The van der Waals surface area contributed by atoms with Gasteiger partial charge in [-0.05, 0) is 56.9 Å². The van der Waals surface area contributed by atoms with E-state index in [9.17, 15) is 4.39 Å². The van der Waals surface area contributed by atoms with E-state index in [1.54, 1.807) is 0 Å². The summed E-state index contributed by atoms with van der Waals surface area (Å²) < 4.78 is 13.7. The number of nitrogen functional groups attached to an aromatic ring is 1. The summed E-state index contributed by atoms with van der Waals surface area (Å²) in [6, 6.07) is 11.2. The second kappa shape index (κ2) is 4.94. The van der Waals surface area contributed by atoms with Crippen molar-refractivity contribution in [3.05, 3.63) is 63.4 Å². The Bertz CT molecular complexity index is 628. The van der Waals surface area contributed by atoms with Crippen molar-refractivity contribution in [2.45, 2.75) is 19.6 Å². The lowest BCUT2D eigenvalue weighted by atomic mass is 10.1. The number of nitrogens with zero attached hydrogens (tertiary/aromatic N) is 1. The smallest absolute Gasteiger partial charge is 0.137 e. The average Bonchev–Trinajstić information content (AvgIpc) is 2.75. The zero-order valence-electron chi connectivity index (χ0n) is 10.4. The zero-order chi connectivity index (χ0) is 13.4. The maximum Gasteiger partial charge on any atom is 0.137 e. The van der Waals surface area contributed by atoms with Crippen LogP contribution >= 0.6 is 15.9 Å². The number of nitrogens with two attached hydrogens (primary N) is 1. The molecule has 0 fully saturated rings. The number of hydrogen-bond donors (Lipinski definition) is 1. The Morgan fingerprint density at radius 3 is 2.68 bits per heavy atom. The summed E-state index contributed by atoms with van der Waals surface area (Å²) in [5.41, 5.74) is 10.3. The number of hydrogen-bond acceptors (Lipinski definition) is 2. The summed E-state index contributed by atoms with van der Waals surface area (Å²) in [7, 11) is 0. The molecule has 0 bridgehead atoms. The van der Waals surface area contributed by atoms with Crippen LogP contribution < -0.4 is 5.73 Å². The molecule has 1 heterocycles. The Kier molecular flexibility index (Phi) is 3.29. The maximum atomic E-state index is 13.2. The van der Waals surface area contributed by atoms with Crippen LogP contribution in [0.25, 0.3) is 0 Å². The lowest BCUT2D eigenvalue weighted by Crippen LogP contribution is -2.15. The number of rotatable bonds is 2. The van der Waals surface area contributed by atoms with Crippen LogP contribution in [-0.2, 0) is 19.6 Å². The molecule has 1 aliphatic heterocycles. The van der Waals surface area contributed by atoms with Crippen LogP contribution in [0, 0.1) is 5.82 Å². The minimum Gasteiger partial charge on any atom is -0.399 e. The third-order valence-corrected chi connectivity index (χ3v) is 4.02. The highest BCUT2D eigenvalue weighted by Crippen LogP contribution is 2.27. The van der Waals surface area contributed by atoms with Gasteiger partial charge >= 0.3 is 0 Å². The van der Waals surface area contributed by atoms with Gasteiger partial charge in [0.05, 0.1) is 4.47 Å². The fourth-order valence-electron chi connectivity index (χ4n) is 2.49. The van der Waals surface area contributed by atoms with E-state index < -0.39 is 0 Å². The molecule has 2 aromatic rings. The van der Waals surface area contributed by atoms with Gasteiger partial charge in [-0.3, -0.25) is 4.90 Å². The molecule has 2 nitrogen and oxygen atoms in total. The largest absolute Gasteiger partial charge is 0.399 e. The van der Waals surface area contributed by atoms with E-state index in [-0.39, 0.29) is 5.82 Å². The minimum atomic E-state index is -0.221. The first kappa shape index (κ1) is 12.6. The Hall–Kier alpha value is -1.39. The van der Waals surface area contributed by atoms with Crippen molar-refractivity contribution in [3.63, 3.8) is 0 Å². The van der Waals surface area contributed by atoms with Gasteiger partial charge < -0.3 is 5.73 Å². The van der Waals surface area contributed by atoms with Gasteiger partial charge in [-0.1, -0.05) is 12.1 Å². The molecule has 98 valence electrons. The summed E-state index contributed by atoms with van der Waals surface area (Å²) in [6.07, 6.45) is 0. The molecule has 0 aliphatic carbocycles. The summed E-state index contributed by atoms with van der Waals surface area (Å²) in [5.74, 6) is -0.221. The van der Waals surface area contributed by atoms with Gasteiger partial charge in [-0.25, -0.2) is 4.39 Å². The third kappa shape index (κ3) is 2.65. The first-order valence-corrected chi connectivity index (χ1v) is 6.95. The van der Waals surface area contributed by atoms with Gasteiger partial charge in [0.2, 0.25) is 0 Å². The molecule has 0 saturated carbocycles. The quantitative estimate of drug-likeness (QED) is 0.855. The van der Waals surface area contributed by atoms with Crippen molar-refractivity contribution in [1.82, 2.24) is 4.90 Å². The van der Waals surface area contributed by atoms with Crippen LogP contribution in [-0.4, -0.2) is 4.90 Å². The monoisotopic (exact) mass is 320 g/mol. The molecular formula is C15H14BrFN2. The zero-order valence-corrected chi connectivity index (χ0v) is 12.0. The van der Waals surface area contributed by atoms with Gasteiger partial charge in [0.1, 0.15) is 5.82 Å². The number of anilines is 1. The van der Waals surface area contributed by atoms with Crippen molar-refractivity contribution in [3.8, 4) is 0 Å². The van der Waals surface area contributed by atoms with Gasteiger partial charge in [-0.15, -0.1) is 0 Å². The Morgan fingerprint density at radius 1 is 1.11 bits per heavy atom. The van der Waals surface area contributed by atoms with E-state index in [2.05, 4.69) is 26.9 Å². The Balaban J connectivity index is 1.75. The fraction of sp³-hybridized carbons (Fsp3) is 0.200. The maximum absolute atomic E-state index is 13.2. The molecule has 0 radical (unpaired) electrons. The van der Waals surface area contributed by atoms with Crippen LogP contribution in [0.2, 0.25) is 0 Å². The van der Waals surface area contributed by atoms with Crippen molar-refractivity contribution in [2.75, 3.05) is 5.73 Å². The number of fused-ring (bicyclic) bond motifs is 1. The summed E-state index contributed by atoms with van der Waals surface area (Å²) >= 11 is 3.22. The summed E-state index contributed by atoms with van der Waals surface area (Å²) in [6.45, 7) is 2.63. The second-order valence-corrected chi connectivity index (χ2v) is 5.78. The standard InChI is InChI=1S/C15H14BrFN2/c16-14-5-10(1-4-15(14)17)7-19-8-11-2-3-13(18)6-12(11)9-19/h1-6H,7-9,18H2. The Morgan fingerprint density at radius 2 is 1.89 bits per heavy atom. The van der Waals surface area contributed by atoms with E-state index in [0.29, 0.717) is 4.47 Å². The number of halogens is 2. The van der Waals surface area contributed by atoms with Gasteiger partial charge in [0, 0.05) is 25.3 Å². The molecule has 4 heteroatoms. The van der Waals surface area contributed by atoms with E-state index in [1.165, 1.54) is 17.2 Å². The molecule has 2 N–H and O–H groups in total. The van der Waals surface area contributed by atoms with Gasteiger partial charge in [-0.2, -0.15) is 0 Å². The predicted molar refractivity (Wildman–Crippen MR) is 77.9 cm³/mol. The minimum absolute atomic E-state index is 0.221.